The van der Waals surface area contributed by atoms with Gasteiger partial charge in [-0.15, -0.1) is 0 Å². The third-order valence-corrected chi connectivity index (χ3v) is 6.39. The van der Waals surface area contributed by atoms with Gasteiger partial charge in [0.1, 0.15) is 11.5 Å². The Hall–Kier alpha value is -3.11. The Labute approximate surface area is 182 Å². The van der Waals surface area contributed by atoms with Crippen LogP contribution in [-0.4, -0.2) is 57.9 Å². The quantitative estimate of drug-likeness (QED) is 0.541. The minimum Gasteiger partial charge on any atom is -0.495 e. The van der Waals surface area contributed by atoms with Crippen LogP contribution in [0.4, 0.5) is 5.69 Å². The summed E-state index contributed by atoms with van der Waals surface area (Å²) in [7, 11) is -2.29. The highest BCUT2D eigenvalue weighted by Gasteiger charge is 2.23. The van der Waals surface area contributed by atoms with E-state index in [1.54, 1.807) is 38.1 Å². The maximum atomic E-state index is 12.7. The van der Waals surface area contributed by atoms with Gasteiger partial charge in [0.25, 0.3) is 5.91 Å². The predicted octanol–water partition coefficient (Wildman–Crippen LogP) is 1.86. The number of carbonyl (C=O) groups is 2. The van der Waals surface area contributed by atoms with Crippen LogP contribution in [0.1, 0.15) is 13.8 Å². The highest BCUT2D eigenvalue weighted by molar-refractivity contribution is 7.89. The molecule has 0 aliphatic carbocycles. The first kappa shape index (κ1) is 24.2. The number of nitrogens with one attached hydrogen (secondary N) is 2. The van der Waals surface area contributed by atoms with Crippen LogP contribution in [-0.2, 0) is 19.6 Å². The standard InChI is InChI=1S/C21H27N3O6S/c1-4-24(5-2)31(27,28)17-11-12-19(29-3)18(13-17)23-20(25)14-22-21(26)15-30-16-9-7-6-8-10-16/h6-13H,4-5,14-15H2,1-3H3,(H,22,26)(H,23,25). The van der Waals surface area contributed by atoms with Crippen molar-refractivity contribution in [2.45, 2.75) is 18.7 Å². The number of nitrogens with zero attached hydrogens (tertiary/aromatic N) is 1. The lowest BCUT2D eigenvalue weighted by Gasteiger charge is -2.19. The number of methoxy groups -OCH3 is 1. The molecule has 0 aromatic heterocycles. The van der Waals surface area contributed by atoms with E-state index < -0.39 is 21.8 Å². The number of carbonyl (C=O) groups excluding carboxylic acids is 2. The largest absolute Gasteiger partial charge is 0.495 e. The Morgan fingerprint density at radius 3 is 2.29 bits per heavy atom. The smallest absolute Gasteiger partial charge is 0.258 e. The van der Waals surface area contributed by atoms with Crippen LogP contribution in [0.3, 0.4) is 0 Å². The van der Waals surface area contributed by atoms with E-state index in [9.17, 15) is 18.0 Å². The predicted molar refractivity (Wildman–Crippen MR) is 117 cm³/mol. The third kappa shape index (κ3) is 6.69. The summed E-state index contributed by atoms with van der Waals surface area (Å²) in [6, 6.07) is 13.0. The molecule has 0 spiro atoms. The summed E-state index contributed by atoms with van der Waals surface area (Å²) >= 11 is 0. The number of anilines is 1. The van der Waals surface area contributed by atoms with Crippen molar-refractivity contribution in [3.63, 3.8) is 0 Å². The second-order valence-corrected chi connectivity index (χ2v) is 8.32. The molecule has 10 heteroatoms. The van der Waals surface area contributed by atoms with Gasteiger partial charge in [0.15, 0.2) is 6.61 Å². The van der Waals surface area contributed by atoms with Crippen molar-refractivity contribution in [1.82, 2.24) is 9.62 Å². The molecule has 0 aliphatic heterocycles. The van der Waals surface area contributed by atoms with Crippen LogP contribution >= 0.6 is 0 Å². The maximum absolute atomic E-state index is 12.7. The first-order chi connectivity index (χ1) is 14.8. The average Bonchev–Trinajstić information content (AvgIpc) is 2.77. The summed E-state index contributed by atoms with van der Waals surface area (Å²) in [6.45, 7) is 3.59. The number of rotatable bonds is 11. The second kappa shape index (κ2) is 11.3. The number of para-hydroxylation sites is 1. The molecule has 0 saturated heterocycles. The lowest BCUT2D eigenvalue weighted by Crippen LogP contribution is -2.36. The molecular weight excluding hydrogens is 422 g/mol. The van der Waals surface area contributed by atoms with E-state index in [1.165, 1.54) is 29.6 Å². The Morgan fingerprint density at radius 1 is 1.00 bits per heavy atom. The zero-order valence-corrected chi connectivity index (χ0v) is 18.6. The summed E-state index contributed by atoms with van der Waals surface area (Å²) in [5.41, 5.74) is 0.190. The molecule has 0 saturated carbocycles. The van der Waals surface area contributed by atoms with Crippen molar-refractivity contribution in [2.24, 2.45) is 0 Å². The minimum absolute atomic E-state index is 0.0348. The van der Waals surface area contributed by atoms with Crippen molar-refractivity contribution < 1.29 is 27.5 Å². The van der Waals surface area contributed by atoms with E-state index >= 15 is 0 Å². The molecule has 0 radical (unpaired) electrons. The molecule has 0 heterocycles. The molecule has 0 aliphatic rings. The fraction of sp³-hybridized carbons (Fsp3) is 0.333. The molecule has 2 N–H and O–H groups in total. The Kier molecular flexibility index (Phi) is 8.83. The Bertz CT molecular complexity index is 991. The first-order valence-electron chi connectivity index (χ1n) is 9.74. The van der Waals surface area contributed by atoms with E-state index in [2.05, 4.69) is 10.6 Å². The Balaban J connectivity index is 2.00. The van der Waals surface area contributed by atoms with Gasteiger partial charge in [-0.3, -0.25) is 9.59 Å². The van der Waals surface area contributed by atoms with Crippen molar-refractivity contribution in [3.05, 3.63) is 48.5 Å². The first-order valence-corrected chi connectivity index (χ1v) is 11.2. The summed E-state index contributed by atoms with van der Waals surface area (Å²) in [5.74, 6) is -0.170. The van der Waals surface area contributed by atoms with Gasteiger partial charge in [-0.05, 0) is 30.3 Å². The van der Waals surface area contributed by atoms with Gasteiger partial charge in [-0.25, -0.2) is 8.42 Å². The molecular formula is C21H27N3O6S. The number of benzene rings is 2. The third-order valence-electron chi connectivity index (χ3n) is 4.35. The lowest BCUT2D eigenvalue weighted by molar-refractivity contribution is -0.125. The van der Waals surface area contributed by atoms with Gasteiger partial charge < -0.3 is 20.1 Å². The van der Waals surface area contributed by atoms with Crippen molar-refractivity contribution in [1.29, 1.82) is 0 Å². The second-order valence-electron chi connectivity index (χ2n) is 6.38. The van der Waals surface area contributed by atoms with Gasteiger partial charge in [0, 0.05) is 13.1 Å². The average molecular weight is 450 g/mol. The van der Waals surface area contributed by atoms with Crippen LogP contribution < -0.4 is 20.1 Å². The number of sulfonamides is 1. The molecule has 168 valence electrons. The molecule has 0 bridgehead atoms. The van der Waals surface area contributed by atoms with Gasteiger partial charge >= 0.3 is 0 Å². The zero-order valence-electron chi connectivity index (χ0n) is 17.8. The molecule has 2 amide bonds. The molecule has 2 rings (SSSR count). The van der Waals surface area contributed by atoms with Crippen molar-refractivity contribution >= 4 is 27.5 Å². The summed E-state index contributed by atoms with van der Waals surface area (Å²) in [4.78, 5) is 24.2. The van der Waals surface area contributed by atoms with E-state index in [1.807, 2.05) is 6.07 Å². The monoisotopic (exact) mass is 449 g/mol. The van der Waals surface area contributed by atoms with Crippen LogP contribution in [0.25, 0.3) is 0 Å². The summed E-state index contributed by atoms with van der Waals surface area (Å²) in [5, 5.41) is 5.02. The van der Waals surface area contributed by atoms with E-state index in [0.717, 1.165) is 0 Å². The highest BCUT2D eigenvalue weighted by atomic mass is 32.2. The van der Waals surface area contributed by atoms with Gasteiger partial charge in [0.05, 0.1) is 24.2 Å². The summed E-state index contributed by atoms with van der Waals surface area (Å²) in [6.07, 6.45) is 0. The molecule has 31 heavy (non-hydrogen) atoms. The topological polar surface area (TPSA) is 114 Å². The van der Waals surface area contributed by atoms with Crippen LogP contribution in [0, 0.1) is 0 Å². The Morgan fingerprint density at radius 2 is 1.68 bits per heavy atom. The molecule has 2 aromatic rings. The number of hydrogen-bond acceptors (Lipinski definition) is 6. The van der Waals surface area contributed by atoms with Crippen molar-refractivity contribution in [2.75, 3.05) is 38.7 Å². The highest BCUT2D eigenvalue weighted by Crippen LogP contribution is 2.28. The van der Waals surface area contributed by atoms with Crippen LogP contribution in [0.2, 0.25) is 0 Å². The van der Waals surface area contributed by atoms with E-state index in [-0.39, 0.29) is 23.7 Å². The number of amides is 2. The van der Waals surface area contributed by atoms with E-state index in [4.69, 9.17) is 9.47 Å². The van der Waals surface area contributed by atoms with Crippen LogP contribution in [0.5, 0.6) is 11.5 Å². The molecule has 0 unspecified atom stereocenters. The van der Waals surface area contributed by atoms with Crippen LogP contribution in [0.15, 0.2) is 53.4 Å². The normalized spacial score (nSPS) is 11.1. The minimum atomic E-state index is -3.70. The van der Waals surface area contributed by atoms with Gasteiger partial charge in [-0.2, -0.15) is 4.31 Å². The summed E-state index contributed by atoms with van der Waals surface area (Å²) < 4.78 is 37.3. The van der Waals surface area contributed by atoms with Crippen molar-refractivity contribution in [3.8, 4) is 11.5 Å². The molecule has 0 fully saturated rings. The van der Waals surface area contributed by atoms with Gasteiger partial charge in [-0.1, -0.05) is 32.0 Å². The lowest BCUT2D eigenvalue weighted by atomic mass is 10.3. The molecule has 2 aromatic carbocycles. The van der Waals surface area contributed by atoms with E-state index in [0.29, 0.717) is 24.6 Å². The number of ether oxygens (including phenoxy) is 2. The molecule has 0 atom stereocenters. The zero-order chi connectivity index (χ0) is 22.9. The molecule has 9 nitrogen and oxygen atoms in total. The SMILES string of the molecule is CCN(CC)S(=O)(=O)c1ccc(OC)c(NC(=O)CNC(=O)COc2ccccc2)c1. The number of hydrogen-bond donors (Lipinski definition) is 2. The van der Waals surface area contributed by atoms with Gasteiger partial charge in [0.2, 0.25) is 15.9 Å². The fourth-order valence-electron chi connectivity index (χ4n) is 2.75. The maximum Gasteiger partial charge on any atom is 0.258 e. The fourth-order valence-corrected chi connectivity index (χ4v) is 4.23.